The summed E-state index contributed by atoms with van der Waals surface area (Å²) in [6.07, 6.45) is 3.92. The molecule has 90 valence electrons. The zero-order chi connectivity index (χ0) is 11.1. The molecule has 2 atom stereocenters. The van der Waals surface area contributed by atoms with E-state index < -0.39 is 0 Å². The number of nitrogens with one attached hydrogen (secondary N) is 1. The Bertz CT molecular complexity index is 158. The van der Waals surface area contributed by atoms with Gasteiger partial charge in [0.1, 0.15) is 0 Å². The zero-order valence-corrected chi connectivity index (χ0v) is 11.3. The van der Waals surface area contributed by atoms with Crippen molar-refractivity contribution in [1.82, 2.24) is 10.2 Å². The minimum absolute atomic E-state index is 0.742. The number of hydrogen-bond acceptors (Lipinski definition) is 3. The van der Waals surface area contributed by atoms with Crippen molar-refractivity contribution >= 4 is 11.8 Å². The fraction of sp³-hybridized carbons (Fsp3) is 1.00. The number of hydrogen-bond donors (Lipinski definition) is 1. The molecule has 1 heterocycles. The van der Waals surface area contributed by atoms with Crippen molar-refractivity contribution in [3.8, 4) is 0 Å². The van der Waals surface area contributed by atoms with Crippen molar-refractivity contribution in [3.05, 3.63) is 0 Å². The molecule has 0 aromatic rings. The maximum atomic E-state index is 3.60. The molecule has 0 bridgehead atoms. The van der Waals surface area contributed by atoms with Crippen LogP contribution in [0.2, 0.25) is 0 Å². The van der Waals surface area contributed by atoms with Crippen LogP contribution < -0.4 is 5.32 Å². The van der Waals surface area contributed by atoms with Crippen LogP contribution in [-0.2, 0) is 0 Å². The summed E-state index contributed by atoms with van der Waals surface area (Å²) in [4.78, 5) is 2.50. The van der Waals surface area contributed by atoms with Crippen LogP contribution in [0.5, 0.6) is 0 Å². The summed E-state index contributed by atoms with van der Waals surface area (Å²) in [5.74, 6) is 2.59. The van der Waals surface area contributed by atoms with Gasteiger partial charge in [-0.1, -0.05) is 13.3 Å². The van der Waals surface area contributed by atoms with Gasteiger partial charge < -0.3 is 10.2 Å². The molecule has 0 aromatic heterocycles. The maximum absolute atomic E-state index is 3.60. The highest BCUT2D eigenvalue weighted by Crippen LogP contribution is 2.12. The summed E-state index contributed by atoms with van der Waals surface area (Å²) in [7, 11) is 2.26. The van der Waals surface area contributed by atoms with Gasteiger partial charge >= 0.3 is 0 Å². The van der Waals surface area contributed by atoms with Crippen molar-refractivity contribution in [2.75, 3.05) is 31.6 Å². The molecule has 0 saturated carbocycles. The number of thioether (sulfide) groups is 1. The second kappa shape index (κ2) is 7.53. The quantitative estimate of drug-likeness (QED) is 0.753. The molecule has 1 saturated heterocycles. The average molecular weight is 230 g/mol. The summed E-state index contributed by atoms with van der Waals surface area (Å²) in [6, 6.07) is 1.49. The Morgan fingerprint density at radius 3 is 2.93 bits per heavy atom. The molecule has 0 aromatic carbocycles. The average Bonchev–Trinajstić information content (AvgIpc) is 2.27. The van der Waals surface area contributed by atoms with E-state index in [-0.39, 0.29) is 0 Å². The molecule has 1 aliphatic heterocycles. The van der Waals surface area contributed by atoms with E-state index in [2.05, 4.69) is 42.9 Å². The van der Waals surface area contributed by atoms with Gasteiger partial charge in [0.05, 0.1) is 0 Å². The van der Waals surface area contributed by atoms with E-state index in [9.17, 15) is 0 Å². The van der Waals surface area contributed by atoms with Crippen LogP contribution in [-0.4, -0.2) is 48.6 Å². The molecule has 0 aliphatic carbocycles. The Kier molecular flexibility index (Phi) is 6.69. The monoisotopic (exact) mass is 230 g/mol. The molecule has 15 heavy (non-hydrogen) atoms. The van der Waals surface area contributed by atoms with Gasteiger partial charge in [0.25, 0.3) is 0 Å². The van der Waals surface area contributed by atoms with Gasteiger partial charge in [-0.2, -0.15) is 11.8 Å². The Morgan fingerprint density at radius 1 is 1.53 bits per heavy atom. The Balaban J connectivity index is 2.11. The molecule has 0 spiro atoms. The first kappa shape index (κ1) is 13.3. The van der Waals surface area contributed by atoms with Gasteiger partial charge in [-0.05, 0) is 33.4 Å². The number of rotatable bonds is 6. The SMILES string of the molecule is CCCC(C)N(C)CCC1CSCCN1. The standard InChI is InChI=1S/C12H26N2S/c1-4-5-11(2)14(3)8-6-12-10-15-9-7-13-12/h11-13H,4-10H2,1-3H3. The van der Waals surface area contributed by atoms with Crippen molar-refractivity contribution in [3.63, 3.8) is 0 Å². The lowest BCUT2D eigenvalue weighted by Gasteiger charge is -2.28. The second-order valence-corrected chi connectivity index (χ2v) is 5.78. The Labute approximate surface area is 99.2 Å². The van der Waals surface area contributed by atoms with Crippen LogP contribution in [0.15, 0.2) is 0 Å². The molecular formula is C12H26N2S. The summed E-state index contributed by atoms with van der Waals surface area (Å²) in [6.45, 7) is 7.04. The van der Waals surface area contributed by atoms with Crippen LogP contribution >= 0.6 is 11.8 Å². The molecule has 1 N–H and O–H groups in total. The van der Waals surface area contributed by atoms with Gasteiger partial charge in [-0.25, -0.2) is 0 Å². The van der Waals surface area contributed by atoms with Crippen LogP contribution in [0.1, 0.15) is 33.1 Å². The lowest BCUT2D eigenvalue weighted by Crippen LogP contribution is -2.40. The molecule has 0 amide bonds. The van der Waals surface area contributed by atoms with E-state index in [1.54, 1.807) is 0 Å². The predicted octanol–water partition coefficient (Wildman–Crippen LogP) is 2.20. The van der Waals surface area contributed by atoms with E-state index in [1.165, 1.54) is 43.9 Å². The van der Waals surface area contributed by atoms with Gasteiger partial charge in [0.2, 0.25) is 0 Å². The summed E-state index contributed by atoms with van der Waals surface area (Å²) in [5.41, 5.74) is 0. The van der Waals surface area contributed by atoms with Crippen molar-refractivity contribution in [2.45, 2.75) is 45.2 Å². The smallest absolute Gasteiger partial charge is 0.0170 e. The third-order valence-corrected chi connectivity index (χ3v) is 4.42. The van der Waals surface area contributed by atoms with E-state index in [1.807, 2.05) is 0 Å². The van der Waals surface area contributed by atoms with Gasteiger partial charge in [0, 0.05) is 30.1 Å². The van der Waals surface area contributed by atoms with Gasteiger partial charge in [-0.3, -0.25) is 0 Å². The second-order valence-electron chi connectivity index (χ2n) is 4.63. The highest BCUT2D eigenvalue weighted by Gasteiger charge is 2.14. The minimum Gasteiger partial charge on any atom is -0.312 e. The maximum Gasteiger partial charge on any atom is 0.0170 e. The van der Waals surface area contributed by atoms with E-state index in [4.69, 9.17) is 0 Å². The highest BCUT2D eigenvalue weighted by molar-refractivity contribution is 7.99. The van der Waals surface area contributed by atoms with E-state index in [0.29, 0.717) is 0 Å². The first-order chi connectivity index (χ1) is 7.24. The van der Waals surface area contributed by atoms with Gasteiger partial charge in [0.15, 0.2) is 0 Å². The first-order valence-corrected chi connectivity index (χ1v) is 7.41. The van der Waals surface area contributed by atoms with Crippen molar-refractivity contribution < 1.29 is 0 Å². The van der Waals surface area contributed by atoms with E-state index in [0.717, 1.165) is 12.1 Å². The van der Waals surface area contributed by atoms with Crippen LogP contribution in [0.25, 0.3) is 0 Å². The fourth-order valence-corrected chi connectivity index (χ4v) is 3.02. The first-order valence-electron chi connectivity index (χ1n) is 6.25. The zero-order valence-electron chi connectivity index (χ0n) is 10.5. The molecule has 2 nitrogen and oxygen atoms in total. The third-order valence-electron chi connectivity index (χ3n) is 3.29. The minimum atomic E-state index is 0.742. The highest BCUT2D eigenvalue weighted by atomic mass is 32.2. The lowest BCUT2D eigenvalue weighted by atomic mass is 10.1. The topological polar surface area (TPSA) is 15.3 Å². The molecule has 1 aliphatic rings. The normalized spacial score (nSPS) is 24.4. The van der Waals surface area contributed by atoms with Crippen LogP contribution in [0, 0.1) is 0 Å². The molecule has 0 radical (unpaired) electrons. The Hall–Kier alpha value is 0.270. The molecule has 1 fully saturated rings. The van der Waals surface area contributed by atoms with Crippen molar-refractivity contribution in [2.24, 2.45) is 0 Å². The summed E-state index contributed by atoms with van der Waals surface area (Å²) in [5, 5.41) is 3.60. The largest absolute Gasteiger partial charge is 0.312 e. The summed E-state index contributed by atoms with van der Waals surface area (Å²) >= 11 is 2.09. The van der Waals surface area contributed by atoms with Crippen LogP contribution in [0.4, 0.5) is 0 Å². The van der Waals surface area contributed by atoms with Crippen LogP contribution in [0.3, 0.4) is 0 Å². The lowest BCUT2D eigenvalue weighted by molar-refractivity contribution is 0.233. The molecular weight excluding hydrogens is 204 g/mol. The third kappa shape index (κ3) is 5.23. The molecule has 3 heteroatoms. The molecule has 1 rings (SSSR count). The fourth-order valence-electron chi connectivity index (χ4n) is 2.02. The molecule has 2 unspecified atom stereocenters. The van der Waals surface area contributed by atoms with E-state index >= 15 is 0 Å². The summed E-state index contributed by atoms with van der Waals surface area (Å²) < 4.78 is 0. The number of nitrogens with zero attached hydrogens (tertiary/aromatic N) is 1. The van der Waals surface area contributed by atoms with Crippen molar-refractivity contribution in [1.29, 1.82) is 0 Å². The van der Waals surface area contributed by atoms with Gasteiger partial charge in [-0.15, -0.1) is 0 Å². The predicted molar refractivity (Wildman–Crippen MR) is 70.7 cm³/mol. The Morgan fingerprint density at radius 2 is 2.33 bits per heavy atom.